The number of aromatic nitrogens is 1. The highest BCUT2D eigenvalue weighted by molar-refractivity contribution is 7.98. The van der Waals surface area contributed by atoms with Crippen molar-refractivity contribution in [3.8, 4) is 0 Å². The van der Waals surface area contributed by atoms with Crippen LogP contribution in [-0.2, 0) is 17.1 Å². The standard InChI is InChI=1S/C19H21N5O2.C13H22N4O3S/c1-22-9-11-23(12-10-22)13-17(25)24-16-7-3-2-5-14(16)19(26)21-15-6-4-8-20-18(15)24;1-14-13(9-17(18)19)15-6-7-21-10-12-5-4-11(20-12)8-16(2)3/h2-8H,9-13H2,1H3,(H,21,26);4-5,9,14-15H,6-8,10H2,1-3H3/b;13-9-. The van der Waals surface area contributed by atoms with Gasteiger partial charge >= 0.3 is 0 Å². The Morgan fingerprint density at radius 2 is 1.87 bits per heavy atom. The Morgan fingerprint density at radius 3 is 2.60 bits per heavy atom. The maximum atomic E-state index is 13.2. The van der Waals surface area contributed by atoms with Crippen LogP contribution in [0, 0.1) is 10.1 Å². The van der Waals surface area contributed by atoms with Crippen LogP contribution in [0.2, 0.25) is 0 Å². The molecule has 2 aliphatic rings. The first kappa shape index (κ1) is 35.4. The summed E-state index contributed by atoms with van der Waals surface area (Å²) in [5.74, 6) is 4.09. The van der Waals surface area contributed by atoms with Crippen molar-refractivity contribution in [3.05, 3.63) is 93.9 Å². The van der Waals surface area contributed by atoms with E-state index in [1.165, 1.54) is 0 Å². The summed E-state index contributed by atoms with van der Waals surface area (Å²) < 4.78 is 5.70. The maximum Gasteiger partial charge on any atom is 0.274 e. The minimum Gasteiger partial charge on any atom is -0.464 e. The van der Waals surface area contributed by atoms with Crippen molar-refractivity contribution in [2.24, 2.45) is 0 Å². The van der Waals surface area contributed by atoms with E-state index >= 15 is 0 Å². The predicted molar refractivity (Wildman–Crippen MR) is 184 cm³/mol. The fraction of sp³-hybridized carbons (Fsp3) is 0.406. The topological polar surface area (TPSA) is 152 Å². The molecule has 0 aliphatic carbocycles. The number of fused-ring (bicyclic) bond motifs is 2. The zero-order chi connectivity index (χ0) is 33.8. The third-order valence-corrected chi connectivity index (χ3v) is 8.32. The molecule has 1 aromatic carbocycles. The van der Waals surface area contributed by atoms with E-state index in [4.69, 9.17) is 4.42 Å². The van der Waals surface area contributed by atoms with Gasteiger partial charge in [0.1, 0.15) is 11.5 Å². The molecule has 252 valence electrons. The van der Waals surface area contributed by atoms with Crippen LogP contribution in [0.1, 0.15) is 21.9 Å². The number of amides is 2. The number of rotatable bonds is 12. The van der Waals surface area contributed by atoms with Crippen LogP contribution in [0.4, 0.5) is 17.2 Å². The lowest BCUT2D eigenvalue weighted by Crippen LogP contribution is -2.48. The molecule has 2 aromatic heterocycles. The van der Waals surface area contributed by atoms with Gasteiger partial charge in [0.15, 0.2) is 11.6 Å². The van der Waals surface area contributed by atoms with E-state index in [1.807, 2.05) is 32.3 Å². The van der Waals surface area contributed by atoms with Gasteiger partial charge in [-0.2, -0.15) is 11.8 Å². The number of hydrogen-bond acceptors (Lipinski definition) is 12. The number of nitrogens with one attached hydrogen (secondary N) is 3. The van der Waals surface area contributed by atoms with Crippen molar-refractivity contribution in [2.45, 2.75) is 12.3 Å². The minimum atomic E-state index is -0.485. The van der Waals surface area contributed by atoms with Crippen molar-refractivity contribution >= 4 is 40.8 Å². The Labute approximate surface area is 279 Å². The zero-order valence-corrected chi connectivity index (χ0v) is 28.1. The highest BCUT2D eigenvalue weighted by Gasteiger charge is 2.31. The van der Waals surface area contributed by atoms with E-state index in [9.17, 15) is 19.7 Å². The van der Waals surface area contributed by atoms with Gasteiger partial charge < -0.3 is 30.2 Å². The smallest absolute Gasteiger partial charge is 0.274 e. The highest BCUT2D eigenvalue weighted by Crippen LogP contribution is 2.36. The summed E-state index contributed by atoms with van der Waals surface area (Å²) in [7, 11) is 7.73. The fourth-order valence-electron chi connectivity index (χ4n) is 4.99. The molecular formula is C32H43N9O5S. The number of pyridine rings is 1. The van der Waals surface area contributed by atoms with Crippen LogP contribution < -0.4 is 20.9 Å². The lowest BCUT2D eigenvalue weighted by atomic mass is 10.1. The molecule has 4 heterocycles. The normalized spacial score (nSPS) is 15.1. The molecule has 0 spiro atoms. The van der Waals surface area contributed by atoms with E-state index in [1.54, 1.807) is 60.2 Å². The summed E-state index contributed by atoms with van der Waals surface area (Å²) in [6, 6.07) is 14.6. The number of anilines is 3. The molecule has 47 heavy (non-hydrogen) atoms. The molecule has 2 aliphatic heterocycles. The van der Waals surface area contributed by atoms with E-state index in [-0.39, 0.29) is 11.8 Å². The Balaban J connectivity index is 0.000000219. The van der Waals surface area contributed by atoms with Crippen molar-refractivity contribution in [1.29, 1.82) is 0 Å². The summed E-state index contributed by atoms with van der Waals surface area (Å²) in [5, 5.41) is 18.9. The quantitative estimate of drug-likeness (QED) is 0.148. The molecule has 0 atom stereocenters. The van der Waals surface area contributed by atoms with Crippen LogP contribution >= 0.6 is 11.8 Å². The predicted octanol–water partition coefficient (Wildman–Crippen LogP) is 3.02. The summed E-state index contributed by atoms with van der Waals surface area (Å²) in [5.41, 5.74) is 1.58. The largest absolute Gasteiger partial charge is 0.464 e. The van der Waals surface area contributed by atoms with E-state index in [2.05, 4.69) is 42.7 Å². The van der Waals surface area contributed by atoms with Crippen LogP contribution in [0.15, 0.2) is 71.2 Å². The second-order valence-corrected chi connectivity index (χ2v) is 12.4. The number of hydrogen-bond donors (Lipinski definition) is 3. The number of nitrogens with zero attached hydrogens (tertiary/aromatic N) is 6. The number of piperazine rings is 1. The first-order valence-corrected chi connectivity index (χ1v) is 16.5. The number of carbonyl (C=O) groups is 2. The van der Waals surface area contributed by atoms with Gasteiger partial charge in [0, 0.05) is 51.7 Å². The van der Waals surface area contributed by atoms with Gasteiger partial charge in [-0.1, -0.05) is 12.1 Å². The highest BCUT2D eigenvalue weighted by atomic mass is 32.2. The number of likely N-dealkylation sites (N-methyl/N-ethyl adjacent to an activating group) is 1. The molecule has 1 saturated heterocycles. The van der Waals surface area contributed by atoms with Crippen molar-refractivity contribution in [3.63, 3.8) is 0 Å². The molecule has 2 amide bonds. The van der Waals surface area contributed by atoms with Crippen molar-refractivity contribution in [2.75, 3.05) is 83.4 Å². The van der Waals surface area contributed by atoms with E-state index in [0.717, 1.165) is 61.9 Å². The minimum absolute atomic E-state index is 0.0848. The van der Waals surface area contributed by atoms with E-state index < -0.39 is 4.92 Å². The number of thioether (sulfide) groups is 1. The average Bonchev–Trinajstić information content (AvgIpc) is 3.43. The first-order valence-electron chi connectivity index (χ1n) is 15.3. The summed E-state index contributed by atoms with van der Waals surface area (Å²) >= 11 is 1.72. The molecule has 0 saturated carbocycles. The van der Waals surface area contributed by atoms with Crippen LogP contribution in [0.25, 0.3) is 0 Å². The lowest BCUT2D eigenvalue weighted by molar-refractivity contribution is -0.404. The summed E-state index contributed by atoms with van der Waals surface area (Å²) in [6.07, 6.45) is 2.56. The molecule has 15 heteroatoms. The molecule has 1 fully saturated rings. The molecule has 0 radical (unpaired) electrons. The Kier molecular flexibility index (Phi) is 13.2. The molecule has 14 nitrogen and oxygen atoms in total. The average molecular weight is 666 g/mol. The number of para-hydroxylation sites is 1. The molecule has 5 rings (SSSR count). The number of furan rings is 1. The van der Waals surface area contributed by atoms with Crippen molar-refractivity contribution in [1.82, 2.24) is 30.3 Å². The van der Waals surface area contributed by atoms with Gasteiger partial charge in [-0.05, 0) is 57.5 Å². The molecule has 0 bridgehead atoms. The fourth-order valence-corrected chi connectivity index (χ4v) is 5.74. The Hall–Kier alpha value is -4.44. The second-order valence-electron chi connectivity index (χ2n) is 11.3. The third-order valence-electron chi connectivity index (χ3n) is 7.34. The molecule has 3 N–H and O–H groups in total. The van der Waals surface area contributed by atoms with Crippen LogP contribution in [-0.4, -0.2) is 110 Å². The number of nitro groups is 1. The van der Waals surface area contributed by atoms with E-state index in [0.29, 0.717) is 41.7 Å². The van der Waals surface area contributed by atoms with Gasteiger partial charge in [-0.3, -0.25) is 29.5 Å². The lowest BCUT2D eigenvalue weighted by Gasteiger charge is -2.33. The van der Waals surface area contributed by atoms with Gasteiger partial charge in [-0.15, -0.1) is 0 Å². The Morgan fingerprint density at radius 1 is 1.13 bits per heavy atom. The number of benzene rings is 1. The monoisotopic (exact) mass is 665 g/mol. The van der Waals surface area contributed by atoms with Gasteiger partial charge in [0.2, 0.25) is 5.91 Å². The first-order chi connectivity index (χ1) is 22.6. The molecular weight excluding hydrogens is 622 g/mol. The molecule has 0 unspecified atom stereocenters. The van der Waals surface area contributed by atoms with Crippen molar-refractivity contribution < 1.29 is 18.9 Å². The number of carbonyl (C=O) groups excluding carboxylic acids is 2. The van der Waals surface area contributed by atoms with Crippen LogP contribution in [0.3, 0.4) is 0 Å². The van der Waals surface area contributed by atoms with Crippen LogP contribution in [0.5, 0.6) is 0 Å². The maximum absolute atomic E-state index is 13.2. The second kappa shape index (κ2) is 17.5. The van der Waals surface area contributed by atoms with Gasteiger partial charge in [0.25, 0.3) is 12.1 Å². The summed E-state index contributed by atoms with van der Waals surface area (Å²) in [6.45, 7) is 5.33. The SMILES string of the molecule is CN/C(=C/[N+](=O)[O-])NCCSCc1ccc(CN(C)C)o1.CN1CCN(CC(=O)N2c3ccccc3C(=O)Nc3cccnc32)CC1. The van der Waals surface area contributed by atoms with Gasteiger partial charge in [-0.25, -0.2) is 4.98 Å². The zero-order valence-electron chi connectivity index (χ0n) is 27.3. The van der Waals surface area contributed by atoms with Gasteiger partial charge in [0.05, 0.1) is 40.7 Å². The molecule has 3 aromatic rings. The third kappa shape index (κ3) is 10.5. The summed E-state index contributed by atoms with van der Waals surface area (Å²) in [4.78, 5) is 48.1. The Bertz CT molecular complexity index is 1540.